The summed E-state index contributed by atoms with van der Waals surface area (Å²) in [5.74, 6) is 0.909. The van der Waals surface area contributed by atoms with Gasteiger partial charge in [0.2, 0.25) is 0 Å². The van der Waals surface area contributed by atoms with E-state index in [1.165, 1.54) is 5.56 Å². The van der Waals surface area contributed by atoms with Gasteiger partial charge >= 0.3 is 0 Å². The fraction of sp³-hybridized carbons (Fsp3) is 0.267. The Bertz CT molecular complexity index is 711. The van der Waals surface area contributed by atoms with Crippen molar-refractivity contribution in [1.82, 2.24) is 15.1 Å². The standard InChI is InChI=1S/C15H17N3O/c1-10-4-5-13-11(8-10)9-14(19-13)15(16-2)12-6-7-17-18(12)3/h4-9,15-16H,1-3H3. The number of furan rings is 1. The summed E-state index contributed by atoms with van der Waals surface area (Å²) in [5, 5.41) is 8.63. The quantitative estimate of drug-likeness (QED) is 0.782. The second-order valence-electron chi connectivity index (χ2n) is 4.79. The molecule has 98 valence electrons. The van der Waals surface area contributed by atoms with Crippen LogP contribution in [-0.2, 0) is 7.05 Å². The second kappa shape index (κ2) is 4.55. The van der Waals surface area contributed by atoms with Crippen LogP contribution in [0.4, 0.5) is 0 Å². The number of hydrogen-bond donors (Lipinski definition) is 1. The van der Waals surface area contributed by atoms with Crippen LogP contribution < -0.4 is 5.32 Å². The van der Waals surface area contributed by atoms with Gasteiger partial charge in [0, 0.05) is 18.6 Å². The highest BCUT2D eigenvalue weighted by Gasteiger charge is 2.19. The summed E-state index contributed by atoms with van der Waals surface area (Å²) in [6, 6.07) is 10.3. The van der Waals surface area contributed by atoms with Crippen molar-refractivity contribution in [3.63, 3.8) is 0 Å². The summed E-state index contributed by atoms with van der Waals surface area (Å²) in [6.07, 6.45) is 1.80. The average molecular weight is 255 g/mol. The first-order valence-electron chi connectivity index (χ1n) is 6.34. The summed E-state index contributed by atoms with van der Waals surface area (Å²) >= 11 is 0. The van der Waals surface area contributed by atoms with Crippen LogP contribution in [0.1, 0.15) is 23.1 Å². The Morgan fingerprint density at radius 1 is 1.26 bits per heavy atom. The van der Waals surface area contributed by atoms with Crippen LogP contribution in [-0.4, -0.2) is 16.8 Å². The minimum atomic E-state index is 0.0141. The maximum atomic E-state index is 5.95. The molecule has 0 spiro atoms. The fourth-order valence-corrected chi connectivity index (χ4v) is 2.43. The van der Waals surface area contributed by atoms with Gasteiger partial charge < -0.3 is 9.73 Å². The molecule has 0 bridgehead atoms. The summed E-state index contributed by atoms with van der Waals surface area (Å²) < 4.78 is 7.81. The Kier molecular flexibility index (Phi) is 2.87. The van der Waals surface area contributed by atoms with E-state index in [2.05, 4.69) is 35.5 Å². The second-order valence-corrected chi connectivity index (χ2v) is 4.79. The molecule has 0 aliphatic rings. The van der Waals surface area contributed by atoms with Crippen molar-refractivity contribution in [3.05, 3.63) is 53.5 Å². The molecule has 4 heteroatoms. The Morgan fingerprint density at radius 3 is 2.79 bits per heavy atom. The van der Waals surface area contributed by atoms with E-state index in [1.54, 1.807) is 6.20 Å². The molecular formula is C15H17N3O. The topological polar surface area (TPSA) is 43.0 Å². The Labute approximate surface area is 112 Å². The first kappa shape index (κ1) is 12.0. The average Bonchev–Trinajstić information content (AvgIpc) is 2.97. The van der Waals surface area contributed by atoms with Gasteiger partial charge in [-0.25, -0.2) is 0 Å². The van der Waals surface area contributed by atoms with Crippen molar-refractivity contribution in [2.24, 2.45) is 7.05 Å². The normalized spacial score (nSPS) is 13.0. The van der Waals surface area contributed by atoms with Gasteiger partial charge in [0.1, 0.15) is 17.4 Å². The highest BCUT2D eigenvalue weighted by atomic mass is 16.3. The molecule has 2 heterocycles. The van der Waals surface area contributed by atoms with E-state index < -0.39 is 0 Å². The number of nitrogens with one attached hydrogen (secondary N) is 1. The van der Waals surface area contributed by atoms with Crippen molar-refractivity contribution in [1.29, 1.82) is 0 Å². The zero-order chi connectivity index (χ0) is 13.4. The van der Waals surface area contributed by atoms with Crippen LogP contribution in [0.3, 0.4) is 0 Å². The van der Waals surface area contributed by atoms with Crippen molar-refractivity contribution in [2.45, 2.75) is 13.0 Å². The zero-order valence-corrected chi connectivity index (χ0v) is 11.3. The number of fused-ring (bicyclic) bond motifs is 1. The van der Waals surface area contributed by atoms with E-state index in [9.17, 15) is 0 Å². The molecule has 1 atom stereocenters. The number of benzene rings is 1. The van der Waals surface area contributed by atoms with Crippen molar-refractivity contribution in [3.8, 4) is 0 Å². The predicted molar refractivity (Wildman–Crippen MR) is 75.1 cm³/mol. The molecule has 0 radical (unpaired) electrons. The fourth-order valence-electron chi connectivity index (χ4n) is 2.43. The Hall–Kier alpha value is -2.07. The molecule has 3 aromatic rings. The third-order valence-electron chi connectivity index (χ3n) is 3.42. The SMILES string of the molecule is CNC(c1cc2cc(C)ccc2o1)c1ccnn1C. The van der Waals surface area contributed by atoms with Gasteiger partial charge in [-0.3, -0.25) is 4.68 Å². The van der Waals surface area contributed by atoms with E-state index in [0.717, 1.165) is 22.4 Å². The monoisotopic (exact) mass is 255 g/mol. The van der Waals surface area contributed by atoms with Crippen LogP contribution in [0, 0.1) is 6.92 Å². The lowest BCUT2D eigenvalue weighted by molar-refractivity contribution is 0.473. The number of nitrogens with zero attached hydrogens (tertiary/aromatic N) is 2. The van der Waals surface area contributed by atoms with Gasteiger partial charge in [-0.1, -0.05) is 11.6 Å². The van der Waals surface area contributed by atoms with Gasteiger partial charge in [-0.15, -0.1) is 0 Å². The first-order valence-corrected chi connectivity index (χ1v) is 6.34. The zero-order valence-electron chi connectivity index (χ0n) is 11.3. The molecule has 0 saturated heterocycles. The number of hydrogen-bond acceptors (Lipinski definition) is 3. The third kappa shape index (κ3) is 2.04. The van der Waals surface area contributed by atoms with E-state index in [-0.39, 0.29) is 6.04 Å². The Balaban J connectivity index is 2.09. The molecule has 1 unspecified atom stereocenters. The van der Waals surface area contributed by atoms with Crippen LogP contribution in [0.25, 0.3) is 11.0 Å². The van der Waals surface area contributed by atoms with Crippen LogP contribution in [0.2, 0.25) is 0 Å². The molecule has 0 saturated carbocycles. The van der Waals surface area contributed by atoms with Crippen molar-refractivity contribution >= 4 is 11.0 Å². The maximum absolute atomic E-state index is 5.95. The van der Waals surface area contributed by atoms with Crippen molar-refractivity contribution < 1.29 is 4.42 Å². The highest BCUT2D eigenvalue weighted by Crippen LogP contribution is 2.28. The Morgan fingerprint density at radius 2 is 2.11 bits per heavy atom. The van der Waals surface area contributed by atoms with Crippen LogP contribution >= 0.6 is 0 Å². The molecule has 0 aliphatic heterocycles. The van der Waals surface area contributed by atoms with Crippen molar-refractivity contribution in [2.75, 3.05) is 7.05 Å². The van der Waals surface area contributed by atoms with Gasteiger partial charge in [0.05, 0.1) is 5.69 Å². The van der Waals surface area contributed by atoms with Gasteiger partial charge in [-0.05, 0) is 38.2 Å². The lowest BCUT2D eigenvalue weighted by Gasteiger charge is -2.13. The lowest BCUT2D eigenvalue weighted by Crippen LogP contribution is -2.20. The largest absolute Gasteiger partial charge is 0.459 e. The van der Waals surface area contributed by atoms with E-state index in [4.69, 9.17) is 4.42 Å². The first-order chi connectivity index (χ1) is 9.19. The van der Waals surface area contributed by atoms with Gasteiger partial charge in [-0.2, -0.15) is 5.10 Å². The summed E-state index contributed by atoms with van der Waals surface area (Å²) in [7, 11) is 3.86. The molecule has 0 aliphatic carbocycles. The molecule has 1 aromatic carbocycles. The lowest BCUT2D eigenvalue weighted by atomic mass is 10.1. The maximum Gasteiger partial charge on any atom is 0.134 e. The predicted octanol–water partition coefficient (Wildman–Crippen LogP) is 2.78. The van der Waals surface area contributed by atoms with Crippen LogP contribution in [0.5, 0.6) is 0 Å². The molecule has 0 fully saturated rings. The molecular weight excluding hydrogens is 238 g/mol. The summed E-state index contributed by atoms with van der Waals surface area (Å²) in [6.45, 7) is 2.09. The molecule has 2 aromatic heterocycles. The summed E-state index contributed by atoms with van der Waals surface area (Å²) in [4.78, 5) is 0. The smallest absolute Gasteiger partial charge is 0.134 e. The third-order valence-corrected chi connectivity index (χ3v) is 3.42. The molecule has 4 nitrogen and oxygen atoms in total. The van der Waals surface area contributed by atoms with E-state index in [0.29, 0.717) is 0 Å². The molecule has 3 rings (SSSR count). The van der Waals surface area contributed by atoms with Gasteiger partial charge in [0.15, 0.2) is 0 Å². The van der Waals surface area contributed by atoms with E-state index >= 15 is 0 Å². The number of aromatic nitrogens is 2. The minimum Gasteiger partial charge on any atom is -0.459 e. The number of rotatable bonds is 3. The minimum absolute atomic E-state index is 0.0141. The highest BCUT2D eigenvalue weighted by molar-refractivity contribution is 5.78. The number of aryl methyl sites for hydroxylation is 2. The van der Waals surface area contributed by atoms with Crippen LogP contribution in [0.15, 0.2) is 40.9 Å². The molecule has 19 heavy (non-hydrogen) atoms. The van der Waals surface area contributed by atoms with E-state index in [1.807, 2.05) is 30.9 Å². The molecule has 0 amide bonds. The van der Waals surface area contributed by atoms with Gasteiger partial charge in [0.25, 0.3) is 0 Å². The molecule has 1 N–H and O–H groups in total. The summed E-state index contributed by atoms with van der Waals surface area (Å²) in [5.41, 5.74) is 3.24.